The molecule has 1 aromatic rings. The second-order valence-corrected chi connectivity index (χ2v) is 5.72. The highest BCUT2D eigenvalue weighted by Crippen LogP contribution is 2.35. The highest BCUT2D eigenvalue weighted by atomic mass is 16.5. The van der Waals surface area contributed by atoms with Crippen LogP contribution in [0.15, 0.2) is 18.2 Å². The van der Waals surface area contributed by atoms with Gasteiger partial charge in [0, 0.05) is 20.1 Å². The number of nitrogens with zero attached hydrogens (tertiary/aromatic N) is 2. The third-order valence-corrected chi connectivity index (χ3v) is 3.98. The van der Waals surface area contributed by atoms with Crippen molar-refractivity contribution in [1.29, 1.82) is 0 Å². The first-order valence-electron chi connectivity index (χ1n) is 7.49. The van der Waals surface area contributed by atoms with Gasteiger partial charge < -0.3 is 24.7 Å². The van der Waals surface area contributed by atoms with Gasteiger partial charge in [-0.05, 0) is 38.1 Å². The van der Waals surface area contributed by atoms with Crippen LogP contribution >= 0.6 is 0 Å². The Hall–Kier alpha value is -1.63. The summed E-state index contributed by atoms with van der Waals surface area (Å²) in [5.41, 5.74) is 1.44. The van der Waals surface area contributed by atoms with Crippen LogP contribution in [-0.4, -0.2) is 60.9 Å². The van der Waals surface area contributed by atoms with Crippen molar-refractivity contribution in [2.45, 2.75) is 25.6 Å². The number of hydrogen-bond donors (Lipinski definition) is 2. The topological polar surface area (TPSA) is 73.2 Å². The first-order chi connectivity index (χ1) is 10.4. The van der Waals surface area contributed by atoms with Crippen LogP contribution in [0.25, 0.3) is 0 Å². The first kappa shape index (κ1) is 16.7. The number of benzene rings is 1. The fraction of sp³-hybridized carbons (Fsp3) is 0.562. The minimum atomic E-state index is -0.616. The van der Waals surface area contributed by atoms with Crippen LogP contribution < -0.4 is 9.64 Å². The van der Waals surface area contributed by atoms with Gasteiger partial charge in [0.1, 0.15) is 5.75 Å². The molecule has 0 bridgehead atoms. The second kappa shape index (κ2) is 7.09. The lowest BCUT2D eigenvalue weighted by Crippen LogP contribution is -2.42. The molecule has 0 fully saturated rings. The molecule has 2 unspecified atom stereocenters. The van der Waals surface area contributed by atoms with Gasteiger partial charge in [-0.25, -0.2) is 0 Å². The van der Waals surface area contributed by atoms with E-state index in [0.717, 1.165) is 5.56 Å². The van der Waals surface area contributed by atoms with E-state index in [-0.39, 0.29) is 12.5 Å². The number of likely N-dealkylation sites (N-methyl/N-ethyl adjacent to an activating group) is 2. The Morgan fingerprint density at radius 1 is 1.41 bits per heavy atom. The van der Waals surface area contributed by atoms with Gasteiger partial charge in [0.05, 0.1) is 18.4 Å². The molecule has 1 heterocycles. The van der Waals surface area contributed by atoms with E-state index in [2.05, 4.69) is 0 Å². The Morgan fingerprint density at radius 3 is 2.82 bits per heavy atom. The average molecular weight is 308 g/mol. The molecule has 1 amide bonds. The van der Waals surface area contributed by atoms with Crippen LogP contribution in [0.3, 0.4) is 0 Å². The lowest BCUT2D eigenvalue weighted by molar-refractivity contribution is -0.125. The van der Waals surface area contributed by atoms with Crippen molar-refractivity contribution in [3.05, 3.63) is 23.8 Å². The zero-order valence-corrected chi connectivity index (χ0v) is 13.3. The maximum Gasteiger partial charge on any atom is 0.267 e. The Kier molecular flexibility index (Phi) is 5.39. The second-order valence-electron chi connectivity index (χ2n) is 5.72. The normalized spacial score (nSPS) is 19.1. The predicted octanol–water partition coefficient (Wildman–Crippen LogP) is 0.778. The molecule has 0 radical (unpaired) electrons. The van der Waals surface area contributed by atoms with Gasteiger partial charge >= 0.3 is 0 Å². The molecule has 22 heavy (non-hydrogen) atoms. The van der Waals surface area contributed by atoms with Crippen LogP contribution in [-0.2, 0) is 4.79 Å². The third-order valence-electron chi connectivity index (χ3n) is 3.98. The van der Waals surface area contributed by atoms with E-state index in [0.29, 0.717) is 30.9 Å². The highest BCUT2D eigenvalue weighted by molar-refractivity contribution is 5.99. The average Bonchev–Trinajstić information content (AvgIpc) is 2.50. The molecular weight excluding hydrogens is 284 g/mol. The Bertz CT molecular complexity index is 535. The Labute approximate surface area is 130 Å². The molecule has 0 aliphatic carbocycles. The monoisotopic (exact) mass is 308 g/mol. The third kappa shape index (κ3) is 3.58. The quantitative estimate of drug-likeness (QED) is 0.812. The number of aliphatic hydroxyl groups is 2. The van der Waals surface area contributed by atoms with Crippen LogP contribution in [0.1, 0.15) is 25.0 Å². The molecule has 1 aliphatic rings. The van der Waals surface area contributed by atoms with Crippen molar-refractivity contribution < 1.29 is 19.7 Å². The predicted molar refractivity (Wildman–Crippen MR) is 84.1 cm³/mol. The van der Waals surface area contributed by atoms with Crippen molar-refractivity contribution in [2.24, 2.45) is 0 Å². The molecular formula is C16H24N2O4. The summed E-state index contributed by atoms with van der Waals surface area (Å²) in [7, 11) is 3.61. The van der Waals surface area contributed by atoms with Gasteiger partial charge in [-0.1, -0.05) is 6.07 Å². The van der Waals surface area contributed by atoms with Gasteiger partial charge in [0.2, 0.25) is 0 Å². The summed E-state index contributed by atoms with van der Waals surface area (Å²) in [6, 6.07) is 5.42. The maximum absolute atomic E-state index is 12.0. The standard InChI is InChI=1S/C16H24N2O4/c1-11-16(21)18(3)13-10-12(4-5-15(13)22-11)14(20)6-7-17(2)8-9-19/h4-5,10-11,14,19-20H,6-9H2,1-3H3. The minimum absolute atomic E-state index is 0.0955. The van der Waals surface area contributed by atoms with Crippen LogP contribution in [0.4, 0.5) is 5.69 Å². The van der Waals surface area contributed by atoms with Crippen LogP contribution in [0.5, 0.6) is 5.75 Å². The summed E-state index contributed by atoms with van der Waals surface area (Å²) in [6.45, 7) is 3.09. The number of carbonyl (C=O) groups is 1. The number of aliphatic hydroxyl groups excluding tert-OH is 2. The zero-order valence-electron chi connectivity index (χ0n) is 13.3. The molecule has 1 aromatic carbocycles. The van der Waals surface area contributed by atoms with E-state index >= 15 is 0 Å². The van der Waals surface area contributed by atoms with E-state index in [1.165, 1.54) is 0 Å². The summed E-state index contributed by atoms with van der Waals surface area (Å²) < 4.78 is 5.57. The molecule has 2 rings (SSSR count). The number of anilines is 1. The van der Waals surface area contributed by atoms with Gasteiger partial charge in [-0.15, -0.1) is 0 Å². The number of carbonyl (C=O) groups excluding carboxylic acids is 1. The fourth-order valence-electron chi connectivity index (χ4n) is 2.53. The van der Waals surface area contributed by atoms with E-state index < -0.39 is 12.2 Å². The van der Waals surface area contributed by atoms with Gasteiger partial charge in [0.25, 0.3) is 5.91 Å². The van der Waals surface area contributed by atoms with Crippen molar-refractivity contribution in [1.82, 2.24) is 4.90 Å². The molecule has 1 aliphatic heterocycles. The van der Waals surface area contributed by atoms with Crippen molar-refractivity contribution in [2.75, 3.05) is 38.7 Å². The van der Waals surface area contributed by atoms with E-state index in [1.54, 1.807) is 31.0 Å². The minimum Gasteiger partial charge on any atom is -0.479 e. The molecule has 6 nitrogen and oxygen atoms in total. The van der Waals surface area contributed by atoms with Gasteiger partial charge in [-0.2, -0.15) is 0 Å². The largest absolute Gasteiger partial charge is 0.479 e. The summed E-state index contributed by atoms with van der Waals surface area (Å²) in [5.74, 6) is 0.560. The number of ether oxygens (including phenoxy) is 1. The highest BCUT2D eigenvalue weighted by Gasteiger charge is 2.29. The van der Waals surface area contributed by atoms with Crippen molar-refractivity contribution >= 4 is 11.6 Å². The fourth-order valence-corrected chi connectivity index (χ4v) is 2.53. The number of rotatable bonds is 6. The van der Waals surface area contributed by atoms with E-state index in [4.69, 9.17) is 9.84 Å². The Morgan fingerprint density at radius 2 is 2.14 bits per heavy atom. The van der Waals surface area contributed by atoms with Gasteiger partial charge in [-0.3, -0.25) is 4.79 Å². The lowest BCUT2D eigenvalue weighted by Gasteiger charge is -2.31. The smallest absolute Gasteiger partial charge is 0.267 e. The lowest BCUT2D eigenvalue weighted by atomic mass is 10.0. The number of amides is 1. The molecule has 2 N–H and O–H groups in total. The van der Waals surface area contributed by atoms with E-state index in [1.807, 2.05) is 18.0 Å². The first-order valence-corrected chi connectivity index (χ1v) is 7.49. The van der Waals surface area contributed by atoms with E-state index in [9.17, 15) is 9.90 Å². The maximum atomic E-state index is 12.0. The van der Waals surface area contributed by atoms with Crippen LogP contribution in [0.2, 0.25) is 0 Å². The summed E-state index contributed by atoms with van der Waals surface area (Å²) in [6.07, 6.45) is -0.542. The summed E-state index contributed by atoms with van der Waals surface area (Å²) in [4.78, 5) is 15.5. The summed E-state index contributed by atoms with van der Waals surface area (Å²) in [5, 5.41) is 19.2. The van der Waals surface area contributed by atoms with Crippen molar-refractivity contribution in [3.63, 3.8) is 0 Å². The molecule has 0 saturated carbocycles. The molecule has 0 saturated heterocycles. The zero-order chi connectivity index (χ0) is 16.3. The number of hydrogen-bond acceptors (Lipinski definition) is 5. The summed E-state index contributed by atoms with van der Waals surface area (Å²) >= 11 is 0. The molecule has 122 valence electrons. The van der Waals surface area contributed by atoms with Crippen LogP contribution in [0, 0.1) is 0 Å². The molecule has 2 atom stereocenters. The SMILES string of the molecule is CC1Oc2ccc(C(O)CCN(C)CCO)cc2N(C)C1=O. The van der Waals surface area contributed by atoms with Crippen molar-refractivity contribution in [3.8, 4) is 5.75 Å². The molecule has 0 aromatic heterocycles. The molecule has 6 heteroatoms. The number of fused-ring (bicyclic) bond motifs is 1. The molecule has 0 spiro atoms. The Balaban J connectivity index is 2.09. The van der Waals surface area contributed by atoms with Gasteiger partial charge in [0.15, 0.2) is 6.10 Å².